The zero-order chi connectivity index (χ0) is 12.5. The number of primary sulfonamides is 1. The number of nitrogens with two attached hydrogens (primary N) is 1. The van der Waals surface area contributed by atoms with Gasteiger partial charge in [-0.25, -0.2) is 13.6 Å². The Morgan fingerprint density at radius 3 is 2.59 bits per heavy atom. The molecule has 1 heterocycles. The third kappa shape index (κ3) is 3.46. The minimum Gasteiger partial charge on any atom is -0.224 e. The molecule has 0 saturated carbocycles. The summed E-state index contributed by atoms with van der Waals surface area (Å²) in [7, 11) is -3.60. The fourth-order valence-electron chi connectivity index (χ4n) is 1.16. The van der Waals surface area contributed by atoms with Gasteiger partial charge in [0, 0.05) is 9.92 Å². The summed E-state index contributed by atoms with van der Waals surface area (Å²) in [5, 5.41) is 5.69. The van der Waals surface area contributed by atoms with Crippen LogP contribution in [-0.4, -0.2) is 8.42 Å². The van der Waals surface area contributed by atoms with Crippen LogP contribution in [0, 0.1) is 0 Å². The first kappa shape index (κ1) is 12.9. The van der Waals surface area contributed by atoms with Gasteiger partial charge in [-0.15, -0.1) is 11.3 Å². The minimum atomic E-state index is -3.60. The molecule has 7 heteroatoms. The standard InChI is InChI=1S/C10H8ClNO2S3/c11-7-2-1-3-8(6-7)15-9-4-5-10(16-9)17(12,13)14/h1-6H,(H2,12,13,14). The molecule has 3 nitrogen and oxygen atoms in total. The molecule has 17 heavy (non-hydrogen) atoms. The maximum absolute atomic E-state index is 11.1. The SMILES string of the molecule is NS(=O)(=O)c1ccc(Sc2cccc(Cl)c2)s1. The highest BCUT2D eigenvalue weighted by atomic mass is 35.5. The monoisotopic (exact) mass is 305 g/mol. The molecule has 0 aliphatic heterocycles. The van der Waals surface area contributed by atoms with Gasteiger partial charge in [0.05, 0.1) is 4.21 Å². The van der Waals surface area contributed by atoms with Crippen molar-refractivity contribution in [2.24, 2.45) is 5.14 Å². The summed E-state index contributed by atoms with van der Waals surface area (Å²) >= 11 is 8.46. The van der Waals surface area contributed by atoms with Crippen LogP contribution >= 0.6 is 34.7 Å². The Balaban J connectivity index is 2.23. The summed E-state index contributed by atoms with van der Waals surface area (Å²) in [6.07, 6.45) is 0. The van der Waals surface area contributed by atoms with Crippen LogP contribution in [0.5, 0.6) is 0 Å². The minimum absolute atomic E-state index is 0.169. The highest BCUT2D eigenvalue weighted by Gasteiger charge is 2.11. The van der Waals surface area contributed by atoms with Gasteiger partial charge in [-0.1, -0.05) is 29.4 Å². The van der Waals surface area contributed by atoms with Crippen LogP contribution in [-0.2, 0) is 10.0 Å². The number of benzene rings is 1. The smallest absolute Gasteiger partial charge is 0.224 e. The molecule has 1 aromatic heterocycles. The number of sulfonamides is 1. The van der Waals surface area contributed by atoms with Crippen molar-refractivity contribution in [2.45, 2.75) is 13.3 Å². The van der Waals surface area contributed by atoms with E-state index in [2.05, 4.69) is 0 Å². The number of hydrogen-bond acceptors (Lipinski definition) is 4. The Labute approximate surface area is 113 Å². The van der Waals surface area contributed by atoms with Gasteiger partial charge in [0.2, 0.25) is 10.0 Å². The second-order valence-corrected chi connectivity index (χ2v) is 7.86. The van der Waals surface area contributed by atoms with E-state index in [0.29, 0.717) is 5.02 Å². The van der Waals surface area contributed by atoms with Gasteiger partial charge < -0.3 is 0 Å². The molecule has 0 unspecified atom stereocenters. The molecule has 0 saturated heterocycles. The number of hydrogen-bond donors (Lipinski definition) is 1. The molecule has 2 aromatic rings. The van der Waals surface area contributed by atoms with Crippen LogP contribution in [0.15, 0.2) is 49.7 Å². The maximum atomic E-state index is 11.1. The van der Waals surface area contributed by atoms with Crippen molar-refractivity contribution in [3.05, 3.63) is 41.4 Å². The Kier molecular flexibility index (Phi) is 3.79. The summed E-state index contributed by atoms with van der Waals surface area (Å²) in [5.74, 6) is 0. The first-order chi connectivity index (χ1) is 7.95. The Morgan fingerprint density at radius 2 is 2.00 bits per heavy atom. The van der Waals surface area contributed by atoms with Crippen LogP contribution in [0.25, 0.3) is 0 Å². The topological polar surface area (TPSA) is 60.2 Å². The molecule has 0 atom stereocenters. The lowest BCUT2D eigenvalue weighted by Crippen LogP contribution is -2.09. The second-order valence-electron chi connectivity index (χ2n) is 3.18. The average molecular weight is 306 g/mol. The van der Waals surface area contributed by atoms with Gasteiger partial charge in [-0.3, -0.25) is 0 Å². The molecule has 2 rings (SSSR count). The van der Waals surface area contributed by atoms with E-state index in [4.69, 9.17) is 16.7 Å². The Morgan fingerprint density at radius 1 is 1.24 bits per heavy atom. The zero-order valence-electron chi connectivity index (χ0n) is 8.46. The van der Waals surface area contributed by atoms with Crippen LogP contribution in [0.4, 0.5) is 0 Å². The average Bonchev–Trinajstić information content (AvgIpc) is 2.65. The highest BCUT2D eigenvalue weighted by Crippen LogP contribution is 2.35. The van der Waals surface area contributed by atoms with Gasteiger partial charge in [0.1, 0.15) is 4.21 Å². The lowest BCUT2D eigenvalue weighted by molar-refractivity contribution is 0.600. The van der Waals surface area contributed by atoms with Gasteiger partial charge in [0.25, 0.3) is 0 Å². The van der Waals surface area contributed by atoms with Gasteiger partial charge >= 0.3 is 0 Å². The summed E-state index contributed by atoms with van der Waals surface area (Å²) in [5.41, 5.74) is 0. The van der Waals surface area contributed by atoms with E-state index >= 15 is 0 Å². The first-order valence-corrected chi connectivity index (χ1v) is 8.07. The first-order valence-electron chi connectivity index (χ1n) is 4.51. The fraction of sp³-hybridized carbons (Fsp3) is 0. The lowest BCUT2D eigenvalue weighted by atomic mass is 10.4. The Hall–Kier alpha value is -0.530. The molecule has 90 valence electrons. The van der Waals surface area contributed by atoms with E-state index in [-0.39, 0.29) is 4.21 Å². The zero-order valence-corrected chi connectivity index (χ0v) is 11.7. The highest BCUT2D eigenvalue weighted by molar-refractivity contribution is 8.01. The van der Waals surface area contributed by atoms with Gasteiger partial charge in [-0.05, 0) is 30.3 Å². The predicted octanol–water partition coefficient (Wildman–Crippen LogP) is 3.20. The number of halogens is 1. The molecule has 0 radical (unpaired) electrons. The van der Waals surface area contributed by atoms with Gasteiger partial charge in [0.15, 0.2) is 0 Å². The van der Waals surface area contributed by atoms with Crippen LogP contribution in [0.1, 0.15) is 0 Å². The van der Waals surface area contributed by atoms with E-state index in [1.54, 1.807) is 12.1 Å². The number of thiophene rings is 1. The molecule has 1 aromatic carbocycles. The van der Waals surface area contributed by atoms with Crippen molar-refractivity contribution in [3.63, 3.8) is 0 Å². The Bertz CT molecular complexity index is 637. The quantitative estimate of drug-likeness (QED) is 0.947. The fourth-order valence-corrected chi connectivity index (χ4v) is 4.46. The molecular formula is C10H8ClNO2S3. The van der Waals surface area contributed by atoms with Crippen molar-refractivity contribution in [1.82, 2.24) is 0 Å². The van der Waals surface area contributed by atoms with Crippen molar-refractivity contribution >= 4 is 44.7 Å². The maximum Gasteiger partial charge on any atom is 0.247 e. The predicted molar refractivity (Wildman–Crippen MR) is 71.3 cm³/mol. The number of rotatable bonds is 3. The van der Waals surface area contributed by atoms with Crippen LogP contribution in [0.2, 0.25) is 5.02 Å². The normalized spacial score (nSPS) is 11.6. The third-order valence-corrected chi connectivity index (χ3v) is 5.73. The summed E-state index contributed by atoms with van der Waals surface area (Å²) in [4.78, 5) is 0.959. The third-order valence-electron chi connectivity index (χ3n) is 1.85. The summed E-state index contributed by atoms with van der Waals surface area (Å²) in [6, 6.07) is 10.6. The molecule has 0 bridgehead atoms. The molecule has 2 N–H and O–H groups in total. The largest absolute Gasteiger partial charge is 0.247 e. The van der Waals surface area contributed by atoms with E-state index in [1.807, 2.05) is 18.2 Å². The van der Waals surface area contributed by atoms with E-state index in [9.17, 15) is 8.42 Å². The molecular weight excluding hydrogens is 298 g/mol. The van der Waals surface area contributed by atoms with E-state index in [1.165, 1.54) is 17.8 Å². The van der Waals surface area contributed by atoms with Crippen molar-refractivity contribution < 1.29 is 8.42 Å². The van der Waals surface area contributed by atoms with Crippen LogP contribution in [0.3, 0.4) is 0 Å². The molecule has 0 aliphatic carbocycles. The van der Waals surface area contributed by atoms with Crippen molar-refractivity contribution in [2.75, 3.05) is 0 Å². The van der Waals surface area contributed by atoms with E-state index in [0.717, 1.165) is 20.4 Å². The molecule has 0 aliphatic rings. The van der Waals surface area contributed by atoms with Crippen molar-refractivity contribution in [3.8, 4) is 0 Å². The lowest BCUT2D eigenvalue weighted by Gasteiger charge is -1.98. The van der Waals surface area contributed by atoms with Crippen molar-refractivity contribution in [1.29, 1.82) is 0 Å². The molecule has 0 amide bonds. The molecule has 0 fully saturated rings. The van der Waals surface area contributed by atoms with E-state index < -0.39 is 10.0 Å². The summed E-state index contributed by atoms with van der Waals surface area (Å²) < 4.78 is 23.2. The molecule has 0 spiro atoms. The van der Waals surface area contributed by atoms with Crippen LogP contribution < -0.4 is 5.14 Å². The summed E-state index contributed by atoms with van der Waals surface area (Å²) in [6.45, 7) is 0. The second kappa shape index (κ2) is 4.99. The van der Waals surface area contributed by atoms with Gasteiger partial charge in [-0.2, -0.15) is 0 Å².